The van der Waals surface area contributed by atoms with E-state index in [0.29, 0.717) is 0 Å². The lowest BCUT2D eigenvalue weighted by Crippen LogP contribution is -2.10. The summed E-state index contributed by atoms with van der Waals surface area (Å²) in [4.78, 5) is 6.62. The molecule has 206 valence electrons. The standard InChI is InChI=1S/C41H26N2O/c1-2-7-27(8-3-1)28-17-19-32(20-18-28)43(38-12-6-11-37-36-23-24-42-26-39(36)44-41(37)38)33-21-22-35-31(25-33)16-15-30-14-13-29-9-4-5-10-34(29)40(30)35/h1-26H. The third-order valence-electron chi connectivity index (χ3n) is 8.72. The van der Waals surface area contributed by atoms with Crippen LogP contribution in [0.4, 0.5) is 17.1 Å². The summed E-state index contributed by atoms with van der Waals surface area (Å²) in [6.45, 7) is 0. The predicted molar refractivity (Wildman–Crippen MR) is 184 cm³/mol. The lowest BCUT2D eigenvalue weighted by Gasteiger charge is -2.26. The second kappa shape index (κ2) is 9.82. The molecule has 0 aliphatic rings. The van der Waals surface area contributed by atoms with Crippen LogP contribution in [0, 0.1) is 0 Å². The summed E-state index contributed by atoms with van der Waals surface area (Å²) < 4.78 is 6.49. The van der Waals surface area contributed by atoms with Gasteiger partial charge in [0.1, 0.15) is 0 Å². The third-order valence-corrected chi connectivity index (χ3v) is 8.72. The minimum atomic E-state index is 0.784. The van der Waals surface area contributed by atoms with Crippen LogP contribution in [0.1, 0.15) is 0 Å². The summed E-state index contributed by atoms with van der Waals surface area (Å²) in [5, 5.41) is 9.64. The van der Waals surface area contributed by atoms with Gasteiger partial charge in [-0.1, -0.05) is 109 Å². The van der Waals surface area contributed by atoms with Gasteiger partial charge in [0.25, 0.3) is 0 Å². The van der Waals surface area contributed by atoms with Crippen molar-refractivity contribution in [3.8, 4) is 11.1 Å². The maximum Gasteiger partial charge on any atom is 0.159 e. The first-order valence-electron chi connectivity index (χ1n) is 14.9. The van der Waals surface area contributed by atoms with Crippen LogP contribution in [0.3, 0.4) is 0 Å². The molecule has 0 unspecified atom stereocenters. The first-order valence-corrected chi connectivity index (χ1v) is 14.9. The Kier molecular flexibility index (Phi) is 5.50. The van der Waals surface area contributed by atoms with Crippen LogP contribution in [0.5, 0.6) is 0 Å². The van der Waals surface area contributed by atoms with Gasteiger partial charge in [0.05, 0.1) is 11.9 Å². The van der Waals surface area contributed by atoms with Crippen molar-refractivity contribution in [2.24, 2.45) is 0 Å². The first-order chi connectivity index (χ1) is 21.8. The number of benzene rings is 7. The van der Waals surface area contributed by atoms with Crippen LogP contribution in [0.2, 0.25) is 0 Å². The highest BCUT2D eigenvalue weighted by molar-refractivity contribution is 6.20. The Morgan fingerprint density at radius 3 is 2.07 bits per heavy atom. The monoisotopic (exact) mass is 562 g/mol. The Morgan fingerprint density at radius 1 is 0.477 bits per heavy atom. The minimum Gasteiger partial charge on any atom is -0.452 e. The molecule has 0 saturated carbocycles. The smallest absolute Gasteiger partial charge is 0.159 e. The molecule has 9 aromatic rings. The van der Waals surface area contributed by atoms with Crippen molar-refractivity contribution in [2.75, 3.05) is 4.90 Å². The van der Waals surface area contributed by atoms with E-state index in [2.05, 4.69) is 149 Å². The van der Waals surface area contributed by atoms with Crippen LogP contribution in [-0.2, 0) is 0 Å². The lowest BCUT2D eigenvalue weighted by molar-refractivity contribution is 0.667. The highest BCUT2D eigenvalue weighted by Crippen LogP contribution is 2.43. The predicted octanol–water partition coefficient (Wildman–Crippen LogP) is 11.6. The van der Waals surface area contributed by atoms with E-state index in [1.54, 1.807) is 6.20 Å². The Balaban J connectivity index is 1.28. The second-order valence-corrected chi connectivity index (χ2v) is 11.2. The highest BCUT2D eigenvalue weighted by Gasteiger charge is 2.20. The Hall–Kier alpha value is -5.93. The molecule has 0 radical (unpaired) electrons. The summed E-state index contributed by atoms with van der Waals surface area (Å²) >= 11 is 0. The van der Waals surface area contributed by atoms with E-state index >= 15 is 0 Å². The third kappa shape index (κ3) is 3.87. The van der Waals surface area contributed by atoms with Gasteiger partial charge in [-0.15, -0.1) is 0 Å². The van der Waals surface area contributed by atoms with E-state index < -0.39 is 0 Å². The largest absolute Gasteiger partial charge is 0.452 e. The molecular weight excluding hydrogens is 536 g/mol. The summed E-state index contributed by atoms with van der Waals surface area (Å²) in [6, 6.07) is 52.0. The van der Waals surface area contributed by atoms with Gasteiger partial charge in [0, 0.05) is 28.3 Å². The Bertz CT molecular complexity index is 2490. The van der Waals surface area contributed by atoms with Crippen LogP contribution in [0.25, 0.3) is 65.4 Å². The van der Waals surface area contributed by atoms with Gasteiger partial charge in [0.2, 0.25) is 0 Å². The lowest BCUT2D eigenvalue weighted by atomic mass is 9.96. The number of fused-ring (bicyclic) bond motifs is 8. The van der Waals surface area contributed by atoms with Gasteiger partial charge in [-0.3, -0.25) is 4.98 Å². The molecule has 9 rings (SSSR count). The van der Waals surface area contributed by atoms with Crippen molar-refractivity contribution in [2.45, 2.75) is 0 Å². The number of anilines is 3. The zero-order valence-corrected chi connectivity index (χ0v) is 23.8. The minimum absolute atomic E-state index is 0.784. The molecule has 3 heteroatoms. The number of hydrogen-bond donors (Lipinski definition) is 0. The van der Waals surface area contributed by atoms with Gasteiger partial charge >= 0.3 is 0 Å². The highest BCUT2D eigenvalue weighted by atomic mass is 16.3. The average molecular weight is 563 g/mol. The van der Waals surface area contributed by atoms with Crippen molar-refractivity contribution in [3.63, 3.8) is 0 Å². The number of nitrogens with zero attached hydrogens (tertiary/aromatic N) is 2. The molecule has 0 atom stereocenters. The number of pyridine rings is 1. The van der Waals surface area contributed by atoms with Gasteiger partial charge in [-0.05, 0) is 79.8 Å². The normalized spacial score (nSPS) is 11.6. The molecule has 44 heavy (non-hydrogen) atoms. The fourth-order valence-corrected chi connectivity index (χ4v) is 6.64. The van der Waals surface area contributed by atoms with Gasteiger partial charge in [0.15, 0.2) is 11.2 Å². The van der Waals surface area contributed by atoms with Crippen molar-refractivity contribution in [1.29, 1.82) is 0 Å². The average Bonchev–Trinajstić information content (AvgIpc) is 3.48. The molecule has 0 aliphatic heterocycles. The molecule has 3 nitrogen and oxygen atoms in total. The van der Waals surface area contributed by atoms with Gasteiger partial charge in [-0.25, -0.2) is 0 Å². The maximum absolute atomic E-state index is 6.49. The van der Waals surface area contributed by atoms with Crippen LogP contribution in [-0.4, -0.2) is 4.98 Å². The number of aromatic nitrogens is 1. The zero-order valence-electron chi connectivity index (χ0n) is 23.8. The molecule has 0 saturated heterocycles. The Labute approximate surface area is 254 Å². The molecule has 0 amide bonds. The molecule has 7 aromatic carbocycles. The van der Waals surface area contributed by atoms with Crippen LogP contribution in [0.15, 0.2) is 162 Å². The van der Waals surface area contributed by atoms with Crippen molar-refractivity contribution in [3.05, 3.63) is 158 Å². The van der Waals surface area contributed by atoms with E-state index in [-0.39, 0.29) is 0 Å². The summed E-state index contributed by atoms with van der Waals surface area (Å²) in [5.41, 5.74) is 7.11. The topological polar surface area (TPSA) is 29.3 Å². The second-order valence-electron chi connectivity index (χ2n) is 11.2. The number of para-hydroxylation sites is 1. The number of furan rings is 1. The molecule has 2 aromatic heterocycles. The van der Waals surface area contributed by atoms with Crippen LogP contribution >= 0.6 is 0 Å². The summed E-state index contributed by atoms with van der Waals surface area (Å²) in [7, 11) is 0. The quantitative estimate of drug-likeness (QED) is 0.200. The SMILES string of the molecule is c1ccc(-c2ccc(N(c3ccc4c(ccc5ccc6ccccc6c54)c3)c3cccc4c3oc3cnccc34)cc2)cc1. The van der Waals surface area contributed by atoms with Crippen molar-refractivity contribution in [1.82, 2.24) is 4.98 Å². The van der Waals surface area contributed by atoms with E-state index in [1.165, 1.54) is 43.4 Å². The molecular formula is C41H26N2O. The Morgan fingerprint density at radius 2 is 1.18 bits per heavy atom. The first kappa shape index (κ1) is 24.6. The number of rotatable bonds is 4. The maximum atomic E-state index is 6.49. The molecule has 0 aliphatic carbocycles. The molecule has 0 fully saturated rings. The van der Waals surface area contributed by atoms with Gasteiger partial charge in [-0.2, -0.15) is 0 Å². The van der Waals surface area contributed by atoms with Crippen molar-refractivity contribution < 1.29 is 4.42 Å². The van der Waals surface area contributed by atoms with Gasteiger partial charge < -0.3 is 9.32 Å². The fraction of sp³-hybridized carbons (Fsp3) is 0. The fourth-order valence-electron chi connectivity index (χ4n) is 6.64. The molecule has 2 heterocycles. The summed E-state index contributed by atoms with van der Waals surface area (Å²) in [5.74, 6) is 0. The van der Waals surface area contributed by atoms with E-state index in [1.807, 2.05) is 12.3 Å². The zero-order chi connectivity index (χ0) is 29.0. The van der Waals surface area contributed by atoms with Crippen LogP contribution < -0.4 is 4.90 Å². The van der Waals surface area contributed by atoms with E-state index in [9.17, 15) is 0 Å². The number of hydrogen-bond acceptors (Lipinski definition) is 3. The molecule has 0 spiro atoms. The molecule has 0 N–H and O–H groups in total. The van der Waals surface area contributed by atoms with E-state index in [4.69, 9.17) is 4.42 Å². The summed E-state index contributed by atoms with van der Waals surface area (Å²) in [6.07, 6.45) is 3.62. The van der Waals surface area contributed by atoms with Crippen molar-refractivity contribution >= 4 is 71.3 Å². The molecule has 0 bridgehead atoms. The van der Waals surface area contributed by atoms with E-state index in [0.717, 1.165) is 39.0 Å².